The van der Waals surface area contributed by atoms with Crippen molar-refractivity contribution < 1.29 is 14.2 Å². The second-order valence-electron chi connectivity index (χ2n) is 5.52. The molecule has 0 aliphatic rings. The highest BCUT2D eigenvalue weighted by Crippen LogP contribution is 2.11. The highest BCUT2D eigenvalue weighted by molar-refractivity contribution is 5.35. The van der Waals surface area contributed by atoms with Crippen LogP contribution < -0.4 is 21.1 Å². The van der Waals surface area contributed by atoms with E-state index in [1.54, 1.807) is 0 Å². The maximum absolute atomic E-state index is 5.43. The first-order chi connectivity index (χ1) is 11.7. The molecule has 0 aliphatic heterocycles. The van der Waals surface area contributed by atoms with Gasteiger partial charge >= 0.3 is 6.01 Å². The van der Waals surface area contributed by atoms with Gasteiger partial charge in [0.2, 0.25) is 11.9 Å². The highest BCUT2D eigenvalue weighted by atomic mass is 16.5. The molecule has 0 fully saturated rings. The Morgan fingerprint density at radius 1 is 0.917 bits per heavy atom. The van der Waals surface area contributed by atoms with E-state index in [1.807, 2.05) is 0 Å². The number of aromatic nitrogens is 3. The van der Waals surface area contributed by atoms with Crippen LogP contribution >= 0.6 is 0 Å². The summed E-state index contributed by atoms with van der Waals surface area (Å²) in [7, 11) is 1.53. The first kappa shape index (κ1) is 20.3. The van der Waals surface area contributed by atoms with Gasteiger partial charge in [0, 0.05) is 19.6 Å². The highest BCUT2D eigenvalue weighted by Gasteiger charge is 2.06. The van der Waals surface area contributed by atoms with E-state index in [1.165, 1.54) is 7.11 Å². The summed E-state index contributed by atoms with van der Waals surface area (Å²) in [6, 6.07) is 0.274. The van der Waals surface area contributed by atoms with Crippen LogP contribution in [-0.2, 0) is 9.47 Å². The first-order valence-corrected chi connectivity index (χ1v) is 8.29. The van der Waals surface area contributed by atoms with E-state index in [9.17, 15) is 0 Å². The summed E-state index contributed by atoms with van der Waals surface area (Å²) in [5, 5.41) is 6.27. The Morgan fingerprint density at radius 2 is 1.54 bits per heavy atom. The third kappa shape index (κ3) is 9.43. The summed E-state index contributed by atoms with van der Waals surface area (Å²) in [5.74, 6) is 1.57. The summed E-state index contributed by atoms with van der Waals surface area (Å²) in [6.07, 6.45) is 1.04. The lowest BCUT2D eigenvalue weighted by molar-refractivity contribution is 0.0547. The molecule has 0 radical (unpaired) electrons. The molecule has 138 valence electrons. The van der Waals surface area contributed by atoms with E-state index in [0.717, 1.165) is 13.0 Å². The third-order valence-electron chi connectivity index (χ3n) is 2.97. The van der Waals surface area contributed by atoms with Crippen molar-refractivity contribution in [2.75, 3.05) is 63.8 Å². The lowest BCUT2D eigenvalue weighted by Crippen LogP contribution is -2.17. The van der Waals surface area contributed by atoms with E-state index in [0.29, 0.717) is 57.3 Å². The minimum atomic E-state index is 0.274. The van der Waals surface area contributed by atoms with Crippen LogP contribution in [0.3, 0.4) is 0 Å². The van der Waals surface area contributed by atoms with Crippen LogP contribution in [0.1, 0.15) is 20.3 Å². The SMILES string of the molecule is COc1nc(NCCOCCOCCN)nc(NCCC(C)C)n1. The van der Waals surface area contributed by atoms with Gasteiger partial charge in [-0.25, -0.2) is 0 Å². The molecule has 0 aliphatic carbocycles. The molecule has 1 rings (SSSR count). The second kappa shape index (κ2) is 12.7. The van der Waals surface area contributed by atoms with Crippen LogP contribution in [0.2, 0.25) is 0 Å². The Labute approximate surface area is 143 Å². The Hall–Kier alpha value is -1.71. The summed E-state index contributed by atoms with van der Waals surface area (Å²) in [4.78, 5) is 12.7. The molecule has 1 heterocycles. The van der Waals surface area contributed by atoms with Crippen LogP contribution in [0, 0.1) is 5.92 Å². The van der Waals surface area contributed by atoms with Gasteiger partial charge in [0.15, 0.2) is 0 Å². The van der Waals surface area contributed by atoms with E-state index in [4.69, 9.17) is 19.9 Å². The van der Waals surface area contributed by atoms with Gasteiger partial charge in [0.1, 0.15) is 0 Å². The van der Waals surface area contributed by atoms with Crippen LogP contribution in [-0.4, -0.2) is 68.1 Å². The van der Waals surface area contributed by atoms with Crippen molar-refractivity contribution >= 4 is 11.9 Å². The van der Waals surface area contributed by atoms with E-state index in [2.05, 4.69) is 39.4 Å². The standard InChI is InChI=1S/C15H30N6O3/c1-12(2)4-6-17-13-19-14(21-15(20-13)22-3)18-7-9-24-11-10-23-8-5-16/h12H,4-11,16H2,1-3H3,(H2,17,18,19,20,21). The Balaban J connectivity index is 2.32. The lowest BCUT2D eigenvalue weighted by atomic mass is 10.1. The van der Waals surface area contributed by atoms with Crippen molar-refractivity contribution in [2.24, 2.45) is 11.7 Å². The monoisotopic (exact) mass is 342 g/mol. The van der Waals surface area contributed by atoms with E-state index < -0.39 is 0 Å². The summed E-state index contributed by atoms with van der Waals surface area (Å²) >= 11 is 0. The van der Waals surface area contributed by atoms with Gasteiger partial charge in [-0.3, -0.25) is 0 Å². The molecular formula is C15H30N6O3. The van der Waals surface area contributed by atoms with E-state index >= 15 is 0 Å². The normalized spacial score (nSPS) is 10.9. The fourth-order valence-electron chi connectivity index (χ4n) is 1.72. The number of nitrogens with zero attached hydrogens (tertiary/aromatic N) is 3. The number of methoxy groups -OCH3 is 1. The van der Waals surface area contributed by atoms with Gasteiger partial charge in [-0.1, -0.05) is 13.8 Å². The summed E-state index contributed by atoms with van der Waals surface area (Å²) in [5.41, 5.74) is 5.33. The van der Waals surface area contributed by atoms with Crippen LogP contribution in [0.25, 0.3) is 0 Å². The molecule has 1 aromatic rings. The molecule has 0 spiro atoms. The number of anilines is 2. The molecule has 4 N–H and O–H groups in total. The number of nitrogens with one attached hydrogen (secondary N) is 2. The van der Waals surface area contributed by atoms with Crippen molar-refractivity contribution in [1.82, 2.24) is 15.0 Å². The third-order valence-corrected chi connectivity index (χ3v) is 2.97. The quantitative estimate of drug-likeness (QED) is 0.421. The Bertz CT molecular complexity index is 447. The number of hydrogen-bond acceptors (Lipinski definition) is 9. The first-order valence-electron chi connectivity index (χ1n) is 8.29. The van der Waals surface area contributed by atoms with Crippen molar-refractivity contribution in [3.05, 3.63) is 0 Å². The molecule has 0 aromatic carbocycles. The fourth-order valence-corrected chi connectivity index (χ4v) is 1.72. The zero-order valence-electron chi connectivity index (χ0n) is 14.9. The van der Waals surface area contributed by atoms with Gasteiger partial charge < -0.3 is 30.6 Å². The predicted molar refractivity (Wildman–Crippen MR) is 93.5 cm³/mol. The minimum absolute atomic E-state index is 0.274. The zero-order valence-corrected chi connectivity index (χ0v) is 14.9. The number of nitrogens with two attached hydrogens (primary N) is 1. The number of ether oxygens (including phenoxy) is 3. The van der Waals surface area contributed by atoms with Crippen LogP contribution in [0.4, 0.5) is 11.9 Å². The molecule has 1 aromatic heterocycles. The topological polar surface area (TPSA) is 116 Å². The molecule has 9 heteroatoms. The summed E-state index contributed by atoms with van der Waals surface area (Å²) < 4.78 is 15.8. The lowest BCUT2D eigenvalue weighted by Gasteiger charge is -2.10. The smallest absolute Gasteiger partial charge is 0.322 e. The van der Waals surface area contributed by atoms with Crippen molar-refractivity contribution in [3.8, 4) is 6.01 Å². The molecule has 0 unspecified atom stereocenters. The average molecular weight is 342 g/mol. The molecule has 0 saturated heterocycles. The van der Waals surface area contributed by atoms with Crippen LogP contribution in [0.15, 0.2) is 0 Å². The van der Waals surface area contributed by atoms with Gasteiger partial charge in [0.25, 0.3) is 0 Å². The van der Waals surface area contributed by atoms with Gasteiger partial charge in [-0.05, 0) is 12.3 Å². The van der Waals surface area contributed by atoms with Crippen LogP contribution in [0.5, 0.6) is 6.01 Å². The largest absolute Gasteiger partial charge is 0.467 e. The summed E-state index contributed by atoms with van der Waals surface area (Å²) in [6.45, 7) is 8.40. The Kier molecular flexibility index (Phi) is 10.7. The van der Waals surface area contributed by atoms with Gasteiger partial charge in [0.05, 0.1) is 33.5 Å². The molecule has 0 amide bonds. The molecule has 9 nitrogen and oxygen atoms in total. The molecule has 0 saturated carbocycles. The Morgan fingerprint density at radius 3 is 2.12 bits per heavy atom. The van der Waals surface area contributed by atoms with Crippen molar-refractivity contribution in [3.63, 3.8) is 0 Å². The van der Waals surface area contributed by atoms with Gasteiger partial charge in [-0.2, -0.15) is 15.0 Å². The maximum atomic E-state index is 5.43. The molecular weight excluding hydrogens is 312 g/mol. The average Bonchev–Trinajstić information content (AvgIpc) is 2.56. The second-order valence-corrected chi connectivity index (χ2v) is 5.52. The predicted octanol–water partition coefficient (Wildman–Crippen LogP) is 0.742. The number of rotatable bonds is 14. The maximum Gasteiger partial charge on any atom is 0.322 e. The molecule has 0 bridgehead atoms. The molecule has 0 atom stereocenters. The number of hydrogen-bond donors (Lipinski definition) is 3. The van der Waals surface area contributed by atoms with Crippen molar-refractivity contribution in [2.45, 2.75) is 20.3 Å². The zero-order chi connectivity index (χ0) is 17.6. The van der Waals surface area contributed by atoms with Gasteiger partial charge in [-0.15, -0.1) is 0 Å². The molecule has 24 heavy (non-hydrogen) atoms. The van der Waals surface area contributed by atoms with E-state index in [-0.39, 0.29) is 6.01 Å². The fraction of sp³-hybridized carbons (Fsp3) is 0.800. The minimum Gasteiger partial charge on any atom is -0.467 e. The van der Waals surface area contributed by atoms with Crippen molar-refractivity contribution in [1.29, 1.82) is 0 Å².